The van der Waals surface area contributed by atoms with Crippen molar-refractivity contribution in [1.82, 2.24) is 0 Å². The molecule has 1 aliphatic rings. The molecule has 0 bridgehead atoms. The number of benzene rings is 2. The van der Waals surface area contributed by atoms with Gasteiger partial charge in [-0.25, -0.2) is 8.78 Å². The van der Waals surface area contributed by atoms with E-state index < -0.39 is 35.5 Å². The highest BCUT2D eigenvalue weighted by molar-refractivity contribution is 6.30. The minimum atomic E-state index is -0.903. The predicted molar refractivity (Wildman–Crippen MR) is 88.3 cm³/mol. The van der Waals surface area contributed by atoms with Gasteiger partial charge in [-0.3, -0.25) is 9.59 Å². The zero-order chi connectivity index (χ0) is 18.0. The molecule has 0 unspecified atom stereocenters. The number of hydrogen-bond acceptors (Lipinski definition) is 3. The van der Waals surface area contributed by atoms with Crippen LogP contribution in [0, 0.1) is 11.6 Å². The van der Waals surface area contributed by atoms with Crippen LogP contribution in [0.1, 0.15) is 18.4 Å². The van der Waals surface area contributed by atoms with E-state index >= 15 is 0 Å². The molecule has 25 heavy (non-hydrogen) atoms. The molecule has 1 amide bonds. The number of carbonyl (C=O) groups excluding carboxylic acids is 2. The maximum Gasteiger partial charge on any atom is 0.317 e. The summed E-state index contributed by atoms with van der Waals surface area (Å²) in [7, 11) is 0. The van der Waals surface area contributed by atoms with Crippen LogP contribution in [0.4, 0.5) is 14.5 Å². The zero-order valence-electron chi connectivity index (χ0n) is 13.0. The maximum absolute atomic E-state index is 13.5. The van der Waals surface area contributed by atoms with Gasteiger partial charge in [-0.2, -0.15) is 0 Å². The van der Waals surface area contributed by atoms with Crippen molar-refractivity contribution in [2.75, 3.05) is 11.9 Å². The highest BCUT2D eigenvalue weighted by Crippen LogP contribution is 2.49. The molecule has 2 aromatic carbocycles. The quantitative estimate of drug-likeness (QED) is 0.819. The molecule has 2 aromatic rings. The Bertz CT molecular complexity index is 820. The highest BCUT2D eigenvalue weighted by Gasteiger charge is 2.52. The predicted octanol–water partition coefficient (Wildman–Crippen LogP) is 3.83. The monoisotopic (exact) mass is 365 g/mol. The largest absolute Gasteiger partial charge is 0.455 e. The molecular formula is C18H14ClF2NO3. The van der Waals surface area contributed by atoms with E-state index in [1.54, 1.807) is 24.3 Å². The standard InChI is InChI=1S/C18H14ClF2NO3/c19-12-3-1-11(2-4-12)18(7-8-18)17(24)25-10-16(23)22-15-6-5-13(20)9-14(15)21/h1-6,9H,7-8,10H2,(H,22,23). The molecule has 3 rings (SSSR count). The average Bonchev–Trinajstić information content (AvgIpc) is 3.38. The van der Waals surface area contributed by atoms with Gasteiger partial charge in [0.1, 0.15) is 11.6 Å². The van der Waals surface area contributed by atoms with Gasteiger partial charge < -0.3 is 10.1 Å². The Hall–Kier alpha value is -2.47. The number of rotatable bonds is 5. The van der Waals surface area contributed by atoms with Gasteiger partial charge >= 0.3 is 5.97 Å². The van der Waals surface area contributed by atoms with Crippen LogP contribution in [0.2, 0.25) is 5.02 Å². The number of amides is 1. The second-order valence-corrected chi connectivity index (χ2v) is 6.27. The van der Waals surface area contributed by atoms with E-state index in [4.69, 9.17) is 16.3 Å². The van der Waals surface area contributed by atoms with Crippen molar-refractivity contribution in [1.29, 1.82) is 0 Å². The highest BCUT2D eigenvalue weighted by atomic mass is 35.5. The smallest absolute Gasteiger partial charge is 0.317 e. The van der Waals surface area contributed by atoms with Gasteiger partial charge in [0.15, 0.2) is 6.61 Å². The number of ether oxygens (including phenoxy) is 1. The number of halogens is 3. The summed E-state index contributed by atoms with van der Waals surface area (Å²) in [5, 5.41) is 2.80. The fourth-order valence-electron chi connectivity index (χ4n) is 2.55. The summed E-state index contributed by atoms with van der Waals surface area (Å²) in [5.41, 5.74) is -0.139. The van der Waals surface area contributed by atoms with Crippen molar-refractivity contribution in [3.63, 3.8) is 0 Å². The lowest BCUT2D eigenvalue weighted by molar-refractivity contribution is -0.150. The molecule has 0 aromatic heterocycles. The Morgan fingerprint density at radius 2 is 1.80 bits per heavy atom. The zero-order valence-corrected chi connectivity index (χ0v) is 13.8. The molecule has 1 fully saturated rings. The molecule has 1 aliphatic carbocycles. The lowest BCUT2D eigenvalue weighted by Crippen LogP contribution is -2.28. The Balaban J connectivity index is 1.58. The maximum atomic E-state index is 13.5. The molecule has 0 heterocycles. The van der Waals surface area contributed by atoms with Crippen LogP contribution < -0.4 is 5.32 Å². The van der Waals surface area contributed by atoms with Gasteiger partial charge in [-0.05, 0) is 42.7 Å². The van der Waals surface area contributed by atoms with E-state index in [1.807, 2.05) is 0 Å². The summed E-state index contributed by atoms with van der Waals surface area (Å²) in [6.45, 7) is -0.551. The summed E-state index contributed by atoms with van der Waals surface area (Å²) in [6.07, 6.45) is 1.25. The molecule has 0 atom stereocenters. The van der Waals surface area contributed by atoms with Crippen molar-refractivity contribution in [3.8, 4) is 0 Å². The third kappa shape index (κ3) is 3.79. The average molecular weight is 366 g/mol. The van der Waals surface area contributed by atoms with Gasteiger partial charge in [0, 0.05) is 11.1 Å². The number of hydrogen-bond donors (Lipinski definition) is 1. The first kappa shape index (κ1) is 17.4. The van der Waals surface area contributed by atoms with Crippen LogP contribution in [0.3, 0.4) is 0 Å². The number of carbonyl (C=O) groups is 2. The molecule has 1 saturated carbocycles. The Kier molecular flexibility index (Phi) is 4.72. The summed E-state index contributed by atoms with van der Waals surface area (Å²) >= 11 is 5.84. The van der Waals surface area contributed by atoms with Gasteiger partial charge in [0.25, 0.3) is 5.91 Å². The Morgan fingerprint density at radius 3 is 2.40 bits per heavy atom. The second-order valence-electron chi connectivity index (χ2n) is 5.84. The molecule has 1 N–H and O–H groups in total. The minimum Gasteiger partial charge on any atom is -0.455 e. The number of anilines is 1. The third-order valence-corrected chi connectivity index (χ3v) is 4.33. The first-order chi connectivity index (χ1) is 11.9. The fourth-order valence-corrected chi connectivity index (χ4v) is 2.68. The van der Waals surface area contributed by atoms with Crippen LogP contribution in [-0.2, 0) is 19.7 Å². The van der Waals surface area contributed by atoms with Crippen molar-refractivity contribution in [2.45, 2.75) is 18.3 Å². The van der Waals surface area contributed by atoms with Crippen molar-refractivity contribution in [3.05, 3.63) is 64.7 Å². The Labute approximate surface area is 147 Å². The van der Waals surface area contributed by atoms with Crippen LogP contribution >= 0.6 is 11.6 Å². The first-order valence-corrected chi connectivity index (χ1v) is 7.97. The van der Waals surface area contributed by atoms with E-state index in [1.165, 1.54) is 0 Å². The van der Waals surface area contributed by atoms with Crippen LogP contribution in [0.25, 0.3) is 0 Å². The van der Waals surface area contributed by atoms with Crippen LogP contribution in [-0.4, -0.2) is 18.5 Å². The van der Waals surface area contributed by atoms with Crippen LogP contribution in [0.15, 0.2) is 42.5 Å². The van der Waals surface area contributed by atoms with Crippen LogP contribution in [0.5, 0.6) is 0 Å². The third-order valence-electron chi connectivity index (χ3n) is 4.08. The molecular weight excluding hydrogens is 352 g/mol. The molecule has 4 nitrogen and oxygen atoms in total. The molecule has 0 saturated heterocycles. The van der Waals surface area contributed by atoms with E-state index in [0.29, 0.717) is 23.9 Å². The lowest BCUT2D eigenvalue weighted by Gasteiger charge is -2.15. The first-order valence-electron chi connectivity index (χ1n) is 7.59. The topological polar surface area (TPSA) is 55.4 Å². The summed E-state index contributed by atoms with van der Waals surface area (Å²) in [6, 6.07) is 9.66. The van der Waals surface area contributed by atoms with Crippen molar-refractivity contribution in [2.24, 2.45) is 0 Å². The normalized spacial score (nSPS) is 14.7. The van der Waals surface area contributed by atoms with E-state index in [-0.39, 0.29) is 5.69 Å². The van der Waals surface area contributed by atoms with E-state index in [2.05, 4.69) is 5.32 Å². The SMILES string of the molecule is O=C(COC(=O)C1(c2ccc(Cl)cc2)CC1)Nc1ccc(F)cc1F. The van der Waals surface area contributed by atoms with Gasteiger partial charge in [0.2, 0.25) is 0 Å². The fraction of sp³-hybridized carbons (Fsp3) is 0.222. The van der Waals surface area contributed by atoms with Gasteiger partial charge in [-0.1, -0.05) is 23.7 Å². The van der Waals surface area contributed by atoms with E-state index in [9.17, 15) is 18.4 Å². The summed E-state index contributed by atoms with van der Waals surface area (Å²) in [5.74, 6) is -2.87. The Morgan fingerprint density at radius 1 is 1.12 bits per heavy atom. The summed E-state index contributed by atoms with van der Waals surface area (Å²) in [4.78, 5) is 24.1. The second kappa shape index (κ2) is 6.80. The number of esters is 1. The van der Waals surface area contributed by atoms with Crippen molar-refractivity contribution >= 4 is 29.2 Å². The van der Waals surface area contributed by atoms with Gasteiger partial charge in [0.05, 0.1) is 11.1 Å². The summed E-state index contributed by atoms with van der Waals surface area (Å²) < 4.78 is 31.4. The van der Waals surface area contributed by atoms with Crippen molar-refractivity contribution < 1.29 is 23.1 Å². The molecule has 130 valence electrons. The molecule has 0 spiro atoms. The minimum absolute atomic E-state index is 0.179. The lowest BCUT2D eigenvalue weighted by atomic mass is 9.96. The molecule has 0 radical (unpaired) electrons. The molecule has 0 aliphatic heterocycles. The van der Waals surface area contributed by atoms with Gasteiger partial charge in [-0.15, -0.1) is 0 Å². The number of nitrogens with one attached hydrogen (secondary N) is 1. The molecule has 7 heteroatoms. The van der Waals surface area contributed by atoms with E-state index in [0.717, 1.165) is 17.7 Å².